The van der Waals surface area contributed by atoms with Crippen molar-refractivity contribution < 1.29 is 9.72 Å². The van der Waals surface area contributed by atoms with Gasteiger partial charge in [-0.1, -0.05) is 18.2 Å². The molecule has 1 amide bonds. The van der Waals surface area contributed by atoms with Gasteiger partial charge in [-0.05, 0) is 17.5 Å². The molecule has 26 heavy (non-hydrogen) atoms. The summed E-state index contributed by atoms with van der Waals surface area (Å²) in [6.45, 7) is 0.0262. The highest BCUT2D eigenvalue weighted by molar-refractivity contribution is 7.09. The molecule has 2 N–H and O–H groups in total. The van der Waals surface area contributed by atoms with Gasteiger partial charge >= 0.3 is 5.69 Å². The summed E-state index contributed by atoms with van der Waals surface area (Å²) in [5.74, 6) is -0.847. The molecule has 0 saturated carbocycles. The number of carbonyl (C=O) groups is 1. The fraction of sp³-hybridized carbons (Fsp3) is 0.0625. The molecule has 2 aromatic heterocycles. The zero-order chi connectivity index (χ0) is 18.7. The number of nitro benzene ring substituents is 1. The highest BCUT2D eigenvalue weighted by Crippen LogP contribution is 2.23. The van der Waals surface area contributed by atoms with Crippen LogP contribution in [0.25, 0.3) is 0 Å². The number of hydrogen-bond donors (Lipinski definition) is 2. The molecule has 2 heterocycles. The van der Waals surface area contributed by atoms with Crippen molar-refractivity contribution in [3.8, 4) is 0 Å². The Hall–Kier alpha value is -3.53. The maximum atomic E-state index is 12.5. The van der Waals surface area contributed by atoms with Crippen molar-refractivity contribution in [1.82, 2.24) is 9.55 Å². The van der Waals surface area contributed by atoms with E-state index >= 15 is 0 Å². The predicted octanol–water partition coefficient (Wildman–Crippen LogP) is 1.81. The zero-order valence-corrected chi connectivity index (χ0v) is 14.0. The van der Waals surface area contributed by atoms with Crippen molar-refractivity contribution in [2.45, 2.75) is 6.54 Å². The third kappa shape index (κ3) is 3.44. The summed E-state index contributed by atoms with van der Waals surface area (Å²) < 4.78 is 0.903. The van der Waals surface area contributed by atoms with E-state index in [1.54, 1.807) is 17.5 Å². The number of amides is 1. The van der Waals surface area contributed by atoms with E-state index in [2.05, 4.69) is 10.3 Å². The molecule has 0 fully saturated rings. The van der Waals surface area contributed by atoms with Gasteiger partial charge in [0.25, 0.3) is 17.2 Å². The number of nitrogens with one attached hydrogen (secondary N) is 2. The van der Waals surface area contributed by atoms with Gasteiger partial charge in [-0.3, -0.25) is 24.3 Å². The summed E-state index contributed by atoms with van der Waals surface area (Å²) in [7, 11) is 0. The second kappa shape index (κ2) is 7.15. The molecular formula is C16H12N4O5S. The van der Waals surface area contributed by atoms with Crippen LogP contribution in [0.15, 0.2) is 57.6 Å². The maximum Gasteiger partial charge on any atom is 0.328 e. The van der Waals surface area contributed by atoms with Gasteiger partial charge in [-0.2, -0.15) is 0 Å². The number of para-hydroxylation sites is 2. The van der Waals surface area contributed by atoms with Gasteiger partial charge in [0.15, 0.2) is 0 Å². The maximum absolute atomic E-state index is 12.5. The second-order valence-electron chi connectivity index (χ2n) is 5.21. The zero-order valence-electron chi connectivity index (χ0n) is 13.2. The van der Waals surface area contributed by atoms with Gasteiger partial charge in [0.05, 0.1) is 11.5 Å². The molecule has 0 radical (unpaired) electrons. The highest BCUT2D eigenvalue weighted by atomic mass is 32.1. The summed E-state index contributed by atoms with van der Waals surface area (Å²) in [5, 5.41) is 15.2. The lowest BCUT2D eigenvalue weighted by Gasteiger charge is -2.07. The number of nitro groups is 1. The highest BCUT2D eigenvalue weighted by Gasteiger charge is 2.19. The molecule has 9 nitrogen and oxygen atoms in total. The van der Waals surface area contributed by atoms with Crippen LogP contribution in [0.3, 0.4) is 0 Å². The molecule has 0 aliphatic heterocycles. The molecule has 3 rings (SSSR count). The minimum absolute atomic E-state index is 0.0262. The van der Waals surface area contributed by atoms with E-state index in [-0.39, 0.29) is 23.5 Å². The van der Waals surface area contributed by atoms with Gasteiger partial charge in [0.1, 0.15) is 11.3 Å². The van der Waals surface area contributed by atoms with Crippen LogP contribution in [0.4, 0.5) is 11.4 Å². The average Bonchev–Trinajstić information content (AvgIpc) is 3.12. The normalized spacial score (nSPS) is 10.5. The van der Waals surface area contributed by atoms with E-state index in [9.17, 15) is 24.5 Å². The molecule has 3 aromatic rings. The molecule has 132 valence electrons. The number of anilines is 1. The minimum Gasteiger partial charge on any atom is -0.316 e. The van der Waals surface area contributed by atoms with E-state index in [1.807, 2.05) is 0 Å². The first-order chi connectivity index (χ1) is 12.5. The first-order valence-corrected chi connectivity index (χ1v) is 8.25. The molecule has 0 aliphatic carbocycles. The summed E-state index contributed by atoms with van der Waals surface area (Å²) in [5.41, 5.74) is -2.09. The predicted molar refractivity (Wildman–Crippen MR) is 95.8 cm³/mol. The van der Waals surface area contributed by atoms with Crippen LogP contribution in [0.1, 0.15) is 15.2 Å². The third-order valence-electron chi connectivity index (χ3n) is 3.55. The molecule has 1 aromatic carbocycles. The number of thiophene rings is 1. The summed E-state index contributed by atoms with van der Waals surface area (Å²) in [6.07, 6.45) is 1.000. The molecule has 0 atom stereocenters. The van der Waals surface area contributed by atoms with Crippen molar-refractivity contribution >= 4 is 28.6 Å². The Morgan fingerprint density at radius 1 is 1.23 bits per heavy atom. The van der Waals surface area contributed by atoms with Crippen LogP contribution in [-0.4, -0.2) is 20.4 Å². The van der Waals surface area contributed by atoms with Crippen molar-refractivity contribution in [3.63, 3.8) is 0 Å². The lowest BCUT2D eigenvalue weighted by molar-refractivity contribution is -0.383. The Kier molecular flexibility index (Phi) is 4.76. The molecule has 0 spiro atoms. The van der Waals surface area contributed by atoms with Crippen molar-refractivity contribution in [2.24, 2.45) is 0 Å². The lowest BCUT2D eigenvalue weighted by Crippen LogP contribution is -2.39. The van der Waals surface area contributed by atoms with Gasteiger partial charge in [-0.25, -0.2) is 4.79 Å². The first-order valence-electron chi connectivity index (χ1n) is 7.37. The average molecular weight is 372 g/mol. The molecule has 0 unspecified atom stereocenters. The van der Waals surface area contributed by atoms with Gasteiger partial charge in [-0.15, -0.1) is 11.3 Å². The summed E-state index contributed by atoms with van der Waals surface area (Å²) in [4.78, 5) is 50.4. The monoisotopic (exact) mass is 372 g/mol. The standard InChI is InChI=1S/C16H12N4O5S/c21-14(18-12-5-1-2-6-13(12)20(24)25)11-8-17-16(23)19(15(11)22)9-10-4-3-7-26-10/h1-8H,9H2,(H,17,23)(H,18,21). The van der Waals surface area contributed by atoms with E-state index in [0.717, 1.165) is 15.6 Å². The van der Waals surface area contributed by atoms with E-state index in [0.29, 0.717) is 0 Å². The van der Waals surface area contributed by atoms with Gasteiger partial charge in [0, 0.05) is 17.1 Å². The Labute approximate surface area is 149 Å². The number of aromatic amines is 1. The number of hydrogen-bond acceptors (Lipinski definition) is 6. The summed E-state index contributed by atoms with van der Waals surface area (Å²) in [6, 6.07) is 9.11. The van der Waals surface area contributed by atoms with E-state index in [4.69, 9.17) is 0 Å². The van der Waals surface area contributed by atoms with Crippen LogP contribution in [-0.2, 0) is 6.54 Å². The number of rotatable bonds is 5. The smallest absolute Gasteiger partial charge is 0.316 e. The van der Waals surface area contributed by atoms with Crippen LogP contribution in [0.5, 0.6) is 0 Å². The largest absolute Gasteiger partial charge is 0.328 e. The fourth-order valence-electron chi connectivity index (χ4n) is 2.30. The Morgan fingerprint density at radius 2 is 2.00 bits per heavy atom. The number of H-pyrrole nitrogens is 1. The Bertz CT molecular complexity index is 1080. The number of nitrogens with zero attached hydrogens (tertiary/aromatic N) is 2. The minimum atomic E-state index is -0.847. The quantitative estimate of drug-likeness (QED) is 0.521. The Morgan fingerprint density at radius 3 is 2.69 bits per heavy atom. The van der Waals surface area contributed by atoms with Crippen LogP contribution in [0.2, 0.25) is 0 Å². The SMILES string of the molecule is O=C(Nc1ccccc1[N+](=O)[O-])c1c[nH]c(=O)n(Cc2cccs2)c1=O. The molecule has 10 heteroatoms. The van der Waals surface area contributed by atoms with Crippen LogP contribution < -0.4 is 16.6 Å². The van der Waals surface area contributed by atoms with Crippen LogP contribution >= 0.6 is 11.3 Å². The number of benzene rings is 1. The van der Waals surface area contributed by atoms with E-state index < -0.39 is 22.1 Å². The third-order valence-corrected chi connectivity index (χ3v) is 4.41. The van der Waals surface area contributed by atoms with Crippen molar-refractivity contribution in [2.75, 3.05) is 5.32 Å². The van der Waals surface area contributed by atoms with Gasteiger partial charge in [0.2, 0.25) is 0 Å². The van der Waals surface area contributed by atoms with E-state index in [1.165, 1.54) is 35.6 Å². The second-order valence-corrected chi connectivity index (χ2v) is 6.24. The summed E-state index contributed by atoms with van der Waals surface area (Å²) >= 11 is 1.37. The van der Waals surface area contributed by atoms with Crippen molar-refractivity contribution in [1.29, 1.82) is 0 Å². The topological polar surface area (TPSA) is 127 Å². The number of carbonyl (C=O) groups excluding carboxylic acids is 1. The molecule has 0 aliphatic rings. The fourth-order valence-corrected chi connectivity index (χ4v) is 3.00. The molecule has 0 saturated heterocycles. The van der Waals surface area contributed by atoms with Crippen LogP contribution in [0, 0.1) is 10.1 Å². The number of aromatic nitrogens is 2. The lowest BCUT2D eigenvalue weighted by atomic mass is 10.2. The molecule has 0 bridgehead atoms. The van der Waals surface area contributed by atoms with Gasteiger partial charge < -0.3 is 10.3 Å². The Balaban J connectivity index is 1.95. The van der Waals surface area contributed by atoms with Crippen molar-refractivity contribution in [3.05, 3.63) is 89.4 Å². The molecular weight excluding hydrogens is 360 g/mol. The first kappa shape index (κ1) is 17.3.